The molecule has 1 aromatic heterocycles. The number of rotatable bonds is 4. The molecule has 24 heavy (non-hydrogen) atoms. The number of carboxylic acid groups (broad SMARTS) is 1. The molecule has 0 spiro atoms. The summed E-state index contributed by atoms with van der Waals surface area (Å²) in [6.45, 7) is 0. The van der Waals surface area contributed by atoms with Gasteiger partial charge in [0.1, 0.15) is 16.6 Å². The summed E-state index contributed by atoms with van der Waals surface area (Å²) >= 11 is 1.13. The summed E-state index contributed by atoms with van der Waals surface area (Å²) in [5.41, 5.74) is 1.37. The summed E-state index contributed by atoms with van der Waals surface area (Å²) in [4.78, 5) is 28.1. The summed E-state index contributed by atoms with van der Waals surface area (Å²) in [5.74, 6) is -1.85. The molecule has 3 rings (SSSR count). The Morgan fingerprint density at radius 2 is 1.96 bits per heavy atom. The van der Waals surface area contributed by atoms with E-state index in [-0.39, 0.29) is 11.8 Å². The second kappa shape index (κ2) is 6.81. The molecule has 1 heterocycles. The Balaban J connectivity index is 1.75. The third kappa shape index (κ3) is 3.29. The number of aromatic nitrogens is 1. The van der Waals surface area contributed by atoms with Crippen molar-refractivity contribution < 1.29 is 14.7 Å². The number of hydrogen-bond acceptors (Lipinski definition) is 5. The predicted octanol–water partition coefficient (Wildman–Crippen LogP) is 3.12. The van der Waals surface area contributed by atoms with Crippen molar-refractivity contribution in [2.45, 2.75) is 19.3 Å². The lowest BCUT2D eigenvalue weighted by Crippen LogP contribution is -2.21. The van der Waals surface area contributed by atoms with Crippen molar-refractivity contribution in [3.05, 3.63) is 35.2 Å². The average Bonchev–Trinajstić information content (AvgIpc) is 3.22. The van der Waals surface area contributed by atoms with Crippen LogP contribution >= 0.6 is 11.3 Å². The maximum atomic E-state index is 12.3. The van der Waals surface area contributed by atoms with Crippen LogP contribution in [0.2, 0.25) is 0 Å². The third-order valence-electron chi connectivity index (χ3n) is 4.16. The number of nitrogens with zero attached hydrogens (tertiary/aromatic N) is 2. The van der Waals surface area contributed by atoms with Crippen LogP contribution in [0.5, 0.6) is 0 Å². The van der Waals surface area contributed by atoms with E-state index in [1.54, 1.807) is 0 Å². The second-order valence-electron chi connectivity index (χ2n) is 5.71. The lowest BCUT2D eigenvalue weighted by atomic mass is 10.0. The molecule has 1 aromatic carbocycles. The molecule has 1 amide bonds. The van der Waals surface area contributed by atoms with Crippen LogP contribution in [0, 0.1) is 23.2 Å². The third-order valence-corrected chi connectivity index (χ3v) is 5.03. The van der Waals surface area contributed by atoms with Crippen LogP contribution in [0.15, 0.2) is 30.3 Å². The van der Waals surface area contributed by atoms with Gasteiger partial charge in [-0.05, 0) is 19.3 Å². The van der Waals surface area contributed by atoms with Gasteiger partial charge < -0.3 is 10.4 Å². The fourth-order valence-corrected chi connectivity index (χ4v) is 3.68. The topological polar surface area (TPSA) is 103 Å². The van der Waals surface area contributed by atoms with Crippen molar-refractivity contribution in [3.8, 4) is 17.3 Å². The Kier molecular flexibility index (Phi) is 4.58. The molecule has 122 valence electrons. The molecular weight excluding hydrogens is 326 g/mol. The minimum atomic E-state index is -0.849. The van der Waals surface area contributed by atoms with Crippen molar-refractivity contribution in [2.75, 3.05) is 5.32 Å². The molecule has 0 saturated heterocycles. The molecule has 1 fully saturated rings. The van der Waals surface area contributed by atoms with E-state index in [1.807, 2.05) is 30.3 Å². The van der Waals surface area contributed by atoms with E-state index in [0.29, 0.717) is 35.0 Å². The fraction of sp³-hybridized carbons (Fsp3) is 0.294. The maximum Gasteiger partial charge on any atom is 0.306 e. The fourth-order valence-electron chi connectivity index (χ4n) is 2.89. The highest BCUT2D eigenvalue weighted by molar-refractivity contribution is 7.16. The molecular formula is C17H15N3O3S. The van der Waals surface area contributed by atoms with Gasteiger partial charge >= 0.3 is 5.97 Å². The SMILES string of the molecule is N#Cc1sc(NC(=O)C2CC[C@@H](C(=O)O)C2)nc1-c1ccccc1. The summed E-state index contributed by atoms with van der Waals surface area (Å²) in [6.07, 6.45) is 1.43. The molecule has 1 aliphatic rings. The van der Waals surface area contributed by atoms with Crippen molar-refractivity contribution in [1.29, 1.82) is 5.26 Å². The lowest BCUT2D eigenvalue weighted by Gasteiger charge is -2.08. The van der Waals surface area contributed by atoms with Gasteiger partial charge in [0, 0.05) is 11.5 Å². The first-order valence-corrected chi connectivity index (χ1v) is 8.40. The van der Waals surface area contributed by atoms with Gasteiger partial charge in [-0.15, -0.1) is 0 Å². The smallest absolute Gasteiger partial charge is 0.306 e. The van der Waals surface area contributed by atoms with Gasteiger partial charge in [-0.1, -0.05) is 41.7 Å². The minimum Gasteiger partial charge on any atom is -0.481 e. The molecule has 0 radical (unpaired) electrons. The van der Waals surface area contributed by atoms with E-state index >= 15 is 0 Å². The van der Waals surface area contributed by atoms with Crippen LogP contribution in [-0.2, 0) is 9.59 Å². The normalized spacial score (nSPS) is 19.6. The molecule has 2 aromatic rings. The largest absolute Gasteiger partial charge is 0.481 e. The number of nitriles is 1. The number of hydrogen-bond donors (Lipinski definition) is 2. The number of aliphatic carboxylic acids is 1. The first-order valence-electron chi connectivity index (χ1n) is 7.58. The summed E-state index contributed by atoms with van der Waals surface area (Å²) in [7, 11) is 0. The first kappa shape index (κ1) is 16.1. The molecule has 0 aliphatic heterocycles. The first-order chi connectivity index (χ1) is 11.6. The van der Waals surface area contributed by atoms with Crippen molar-refractivity contribution in [1.82, 2.24) is 4.98 Å². The highest BCUT2D eigenvalue weighted by atomic mass is 32.1. The summed E-state index contributed by atoms with van der Waals surface area (Å²) in [6, 6.07) is 11.4. The van der Waals surface area contributed by atoms with Crippen molar-refractivity contribution in [2.24, 2.45) is 11.8 Å². The highest BCUT2D eigenvalue weighted by Gasteiger charge is 2.34. The van der Waals surface area contributed by atoms with Gasteiger partial charge in [-0.25, -0.2) is 4.98 Å². The summed E-state index contributed by atoms with van der Waals surface area (Å²) < 4.78 is 0. The van der Waals surface area contributed by atoms with Gasteiger partial charge in [0.25, 0.3) is 0 Å². The van der Waals surface area contributed by atoms with Gasteiger partial charge in [0.2, 0.25) is 5.91 Å². The molecule has 2 atom stereocenters. The standard InChI is InChI=1S/C17H15N3O3S/c18-9-13-14(10-4-2-1-3-5-10)19-17(24-13)20-15(21)11-6-7-12(8-11)16(22)23/h1-5,11-12H,6-8H2,(H,22,23)(H,19,20,21)/t11?,12-/m1/s1. The van der Waals surface area contributed by atoms with Crippen LogP contribution in [0.4, 0.5) is 5.13 Å². The zero-order valence-corrected chi connectivity index (χ0v) is 13.5. The average molecular weight is 341 g/mol. The monoisotopic (exact) mass is 341 g/mol. The van der Waals surface area contributed by atoms with Gasteiger partial charge in [0.15, 0.2) is 5.13 Å². The Morgan fingerprint density at radius 1 is 1.25 bits per heavy atom. The van der Waals surface area contributed by atoms with E-state index in [9.17, 15) is 14.9 Å². The Labute approximate surface area is 142 Å². The van der Waals surface area contributed by atoms with Crippen molar-refractivity contribution >= 4 is 28.3 Å². The predicted molar refractivity (Wildman–Crippen MR) is 89.4 cm³/mol. The number of benzene rings is 1. The van der Waals surface area contributed by atoms with E-state index < -0.39 is 11.9 Å². The van der Waals surface area contributed by atoms with Crippen LogP contribution in [0.1, 0.15) is 24.1 Å². The Bertz CT molecular complexity index is 810. The molecule has 2 N–H and O–H groups in total. The van der Waals surface area contributed by atoms with Gasteiger partial charge in [-0.2, -0.15) is 5.26 Å². The van der Waals surface area contributed by atoms with Gasteiger partial charge in [-0.3, -0.25) is 9.59 Å². The van der Waals surface area contributed by atoms with E-state index in [4.69, 9.17) is 5.11 Å². The van der Waals surface area contributed by atoms with Crippen LogP contribution in [0.25, 0.3) is 11.3 Å². The zero-order chi connectivity index (χ0) is 17.1. The van der Waals surface area contributed by atoms with E-state index in [1.165, 1.54) is 0 Å². The van der Waals surface area contributed by atoms with E-state index in [2.05, 4.69) is 16.4 Å². The number of carboxylic acids is 1. The van der Waals surface area contributed by atoms with Crippen LogP contribution in [0.3, 0.4) is 0 Å². The molecule has 1 aliphatic carbocycles. The highest BCUT2D eigenvalue weighted by Crippen LogP contribution is 2.34. The number of carbonyl (C=O) groups excluding carboxylic acids is 1. The quantitative estimate of drug-likeness (QED) is 0.889. The number of thiazole rings is 1. The number of nitrogens with one attached hydrogen (secondary N) is 1. The zero-order valence-electron chi connectivity index (χ0n) is 12.7. The molecule has 1 unspecified atom stereocenters. The maximum absolute atomic E-state index is 12.3. The minimum absolute atomic E-state index is 0.225. The molecule has 0 bridgehead atoms. The van der Waals surface area contributed by atoms with Crippen LogP contribution < -0.4 is 5.32 Å². The lowest BCUT2D eigenvalue weighted by molar-refractivity contribution is -0.141. The second-order valence-corrected chi connectivity index (χ2v) is 6.71. The molecule has 7 heteroatoms. The summed E-state index contributed by atoms with van der Waals surface area (Å²) in [5, 5.41) is 21.4. The van der Waals surface area contributed by atoms with Gasteiger partial charge in [0.05, 0.1) is 5.92 Å². The Morgan fingerprint density at radius 3 is 2.58 bits per heavy atom. The Hall–Kier alpha value is -2.72. The molecule has 6 nitrogen and oxygen atoms in total. The number of amides is 1. The van der Waals surface area contributed by atoms with E-state index in [0.717, 1.165) is 16.9 Å². The van der Waals surface area contributed by atoms with Crippen LogP contribution in [-0.4, -0.2) is 22.0 Å². The molecule has 1 saturated carbocycles. The number of carbonyl (C=O) groups is 2. The van der Waals surface area contributed by atoms with Crippen molar-refractivity contribution in [3.63, 3.8) is 0 Å². The number of anilines is 1.